The van der Waals surface area contributed by atoms with Crippen LogP contribution >= 0.6 is 12.2 Å². The largest absolute Gasteiger partial charge is 0.493 e. The molecule has 0 N–H and O–H groups in total. The van der Waals surface area contributed by atoms with Crippen molar-refractivity contribution in [3.05, 3.63) is 53.1 Å². The Morgan fingerprint density at radius 1 is 1.14 bits per heavy atom. The van der Waals surface area contributed by atoms with Crippen LogP contribution in [-0.4, -0.2) is 30.8 Å². The van der Waals surface area contributed by atoms with Gasteiger partial charge < -0.3 is 19.1 Å². The van der Waals surface area contributed by atoms with Crippen molar-refractivity contribution in [3.63, 3.8) is 0 Å². The quantitative estimate of drug-likeness (QED) is 0.498. The highest BCUT2D eigenvalue weighted by Crippen LogP contribution is 2.37. The molecule has 0 saturated heterocycles. The van der Waals surface area contributed by atoms with Gasteiger partial charge in [0, 0.05) is 23.9 Å². The van der Waals surface area contributed by atoms with Crippen LogP contribution in [0.4, 0.5) is 5.69 Å². The highest BCUT2D eigenvalue weighted by molar-refractivity contribution is 7.81. The second-order valence-electron chi connectivity index (χ2n) is 7.34. The number of nitrogens with zero attached hydrogens (tertiary/aromatic N) is 1. The van der Waals surface area contributed by atoms with Gasteiger partial charge in [0.25, 0.3) is 0 Å². The molecule has 4 rings (SSSR count). The standard InChI is InChI=1S/C23H25NO4S/c1-3-27-23(25)15-8-9-16-14-24(22(29)19(16)12-15)17-10-11-20(26-2)21(13-17)28-18-6-4-5-7-18/h8-13,18H,3-7,14H2,1-2H3. The Morgan fingerprint density at radius 2 is 1.93 bits per heavy atom. The summed E-state index contributed by atoms with van der Waals surface area (Å²) in [5.74, 6) is 1.16. The summed E-state index contributed by atoms with van der Waals surface area (Å²) in [5, 5.41) is 0. The Morgan fingerprint density at radius 3 is 2.66 bits per heavy atom. The molecule has 6 heteroatoms. The Labute approximate surface area is 176 Å². The molecule has 0 amide bonds. The van der Waals surface area contributed by atoms with E-state index in [2.05, 4.69) is 4.90 Å². The highest BCUT2D eigenvalue weighted by atomic mass is 32.1. The molecule has 2 aliphatic rings. The first-order valence-corrected chi connectivity index (χ1v) is 10.5. The van der Waals surface area contributed by atoms with E-state index in [1.165, 1.54) is 12.8 Å². The minimum absolute atomic E-state index is 0.244. The molecular weight excluding hydrogens is 386 g/mol. The Kier molecular flexibility index (Phi) is 5.72. The number of carbonyl (C=O) groups excluding carboxylic acids is 1. The second kappa shape index (κ2) is 8.41. The SMILES string of the molecule is CCOC(=O)c1ccc2c(c1)C(=S)N(c1ccc(OC)c(OC3CCCC3)c1)C2. The lowest BCUT2D eigenvalue weighted by Gasteiger charge is -2.22. The Hall–Kier alpha value is -2.60. The van der Waals surface area contributed by atoms with E-state index in [0.717, 1.165) is 41.2 Å². The molecular formula is C23H25NO4S. The second-order valence-corrected chi connectivity index (χ2v) is 7.73. The van der Waals surface area contributed by atoms with E-state index in [-0.39, 0.29) is 12.1 Å². The molecule has 0 atom stereocenters. The fourth-order valence-corrected chi connectivity index (χ4v) is 4.32. The number of methoxy groups -OCH3 is 1. The van der Waals surface area contributed by atoms with Crippen LogP contribution in [0.2, 0.25) is 0 Å². The summed E-state index contributed by atoms with van der Waals surface area (Å²) >= 11 is 5.74. The zero-order valence-corrected chi connectivity index (χ0v) is 17.6. The van der Waals surface area contributed by atoms with Crippen LogP contribution in [0.15, 0.2) is 36.4 Å². The smallest absolute Gasteiger partial charge is 0.338 e. The van der Waals surface area contributed by atoms with Gasteiger partial charge in [-0.3, -0.25) is 0 Å². The minimum Gasteiger partial charge on any atom is -0.493 e. The van der Waals surface area contributed by atoms with Crippen LogP contribution < -0.4 is 14.4 Å². The fraction of sp³-hybridized carbons (Fsp3) is 0.391. The van der Waals surface area contributed by atoms with Gasteiger partial charge in [-0.05, 0) is 62.4 Å². The summed E-state index contributed by atoms with van der Waals surface area (Å²) in [5.41, 5.74) is 3.48. The number of esters is 1. The monoisotopic (exact) mass is 411 g/mol. The van der Waals surface area contributed by atoms with E-state index in [0.29, 0.717) is 23.7 Å². The van der Waals surface area contributed by atoms with Crippen LogP contribution in [0.1, 0.15) is 54.1 Å². The maximum absolute atomic E-state index is 12.1. The van der Waals surface area contributed by atoms with Gasteiger partial charge in [-0.2, -0.15) is 0 Å². The summed E-state index contributed by atoms with van der Waals surface area (Å²) in [7, 11) is 1.66. The summed E-state index contributed by atoms with van der Waals surface area (Å²) in [6, 6.07) is 11.5. The number of carbonyl (C=O) groups is 1. The number of thiocarbonyl (C=S) groups is 1. The van der Waals surface area contributed by atoms with E-state index < -0.39 is 0 Å². The maximum Gasteiger partial charge on any atom is 0.338 e. The van der Waals surface area contributed by atoms with E-state index >= 15 is 0 Å². The van der Waals surface area contributed by atoms with Gasteiger partial charge in [-0.1, -0.05) is 18.3 Å². The maximum atomic E-state index is 12.1. The predicted octanol–water partition coefficient (Wildman–Crippen LogP) is 4.89. The first kappa shape index (κ1) is 19.7. The average molecular weight is 412 g/mol. The number of rotatable bonds is 6. The number of fused-ring (bicyclic) bond motifs is 1. The molecule has 1 fully saturated rings. The van der Waals surface area contributed by atoms with E-state index in [1.807, 2.05) is 30.3 Å². The average Bonchev–Trinajstić information content (AvgIpc) is 3.36. The van der Waals surface area contributed by atoms with Crippen molar-refractivity contribution < 1.29 is 19.0 Å². The molecule has 1 aliphatic carbocycles. The molecule has 1 saturated carbocycles. The first-order chi connectivity index (χ1) is 14.1. The van der Waals surface area contributed by atoms with Gasteiger partial charge >= 0.3 is 5.97 Å². The number of benzene rings is 2. The first-order valence-electron chi connectivity index (χ1n) is 10.1. The molecule has 0 unspecified atom stereocenters. The molecule has 2 aromatic rings. The molecule has 152 valence electrons. The van der Waals surface area contributed by atoms with Crippen LogP contribution in [0.5, 0.6) is 11.5 Å². The lowest BCUT2D eigenvalue weighted by molar-refractivity contribution is 0.0526. The lowest BCUT2D eigenvalue weighted by Crippen LogP contribution is -2.22. The fourth-order valence-electron chi connectivity index (χ4n) is 3.96. The minimum atomic E-state index is -0.326. The van der Waals surface area contributed by atoms with Crippen molar-refractivity contribution in [2.24, 2.45) is 0 Å². The Balaban J connectivity index is 1.59. The van der Waals surface area contributed by atoms with Crippen LogP contribution in [0.25, 0.3) is 0 Å². The molecule has 2 aromatic carbocycles. The van der Waals surface area contributed by atoms with E-state index in [9.17, 15) is 4.79 Å². The van der Waals surface area contributed by atoms with Crippen molar-refractivity contribution in [1.29, 1.82) is 0 Å². The zero-order valence-electron chi connectivity index (χ0n) is 16.8. The van der Waals surface area contributed by atoms with Gasteiger partial charge in [-0.25, -0.2) is 4.79 Å². The van der Waals surface area contributed by atoms with Gasteiger partial charge in [-0.15, -0.1) is 0 Å². The lowest BCUT2D eigenvalue weighted by atomic mass is 10.1. The third-order valence-electron chi connectivity index (χ3n) is 5.48. The van der Waals surface area contributed by atoms with Crippen molar-refractivity contribution in [1.82, 2.24) is 0 Å². The predicted molar refractivity (Wildman–Crippen MR) is 116 cm³/mol. The molecule has 1 heterocycles. The summed E-state index contributed by atoms with van der Waals surface area (Å²) < 4.78 is 16.8. The van der Waals surface area contributed by atoms with Gasteiger partial charge in [0.15, 0.2) is 11.5 Å². The third-order valence-corrected chi connectivity index (χ3v) is 5.92. The highest BCUT2D eigenvalue weighted by Gasteiger charge is 2.27. The van der Waals surface area contributed by atoms with E-state index in [1.54, 1.807) is 20.1 Å². The van der Waals surface area contributed by atoms with Crippen molar-refractivity contribution in [2.45, 2.75) is 45.3 Å². The van der Waals surface area contributed by atoms with E-state index in [4.69, 9.17) is 26.4 Å². The van der Waals surface area contributed by atoms with Crippen LogP contribution in [0, 0.1) is 0 Å². The number of ether oxygens (including phenoxy) is 3. The Bertz CT molecular complexity index is 936. The van der Waals surface area contributed by atoms with Gasteiger partial charge in [0.2, 0.25) is 0 Å². The summed E-state index contributed by atoms with van der Waals surface area (Å²) in [6.07, 6.45) is 4.82. The summed E-state index contributed by atoms with van der Waals surface area (Å²) in [6.45, 7) is 2.81. The van der Waals surface area contributed by atoms with Crippen molar-refractivity contribution in [3.8, 4) is 11.5 Å². The molecule has 5 nitrogen and oxygen atoms in total. The molecule has 0 bridgehead atoms. The molecule has 29 heavy (non-hydrogen) atoms. The number of hydrogen-bond acceptors (Lipinski definition) is 5. The zero-order chi connectivity index (χ0) is 20.4. The molecule has 0 aromatic heterocycles. The van der Waals surface area contributed by atoms with Crippen LogP contribution in [-0.2, 0) is 11.3 Å². The summed E-state index contributed by atoms with van der Waals surface area (Å²) in [4.78, 5) is 14.8. The third kappa shape index (κ3) is 3.94. The van der Waals surface area contributed by atoms with Gasteiger partial charge in [0.05, 0.1) is 25.4 Å². The topological polar surface area (TPSA) is 48.0 Å². The van der Waals surface area contributed by atoms with Crippen molar-refractivity contribution >= 4 is 28.9 Å². The van der Waals surface area contributed by atoms with Gasteiger partial charge in [0.1, 0.15) is 4.99 Å². The molecule has 0 spiro atoms. The molecule has 0 radical (unpaired) electrons. The number of anilines is 1. The normalized spacial score (nSPS) is 16.1. The number of hydrogen-bond donors (Lipinski definition) is 0. The van der Waals surface area contributed by atoms with Crippen molar-refractivity contribution in [2.75, 3.05) is 18.6 Å². The van der Waals surface area contributed by atoms with Crippen LogP contribution in [0.3, 0.4) is 0 Å². The molecule has 1 aliphatic heterocycles.